The van der Waals surface area contributed by atoms with E-state index < -0.39 is 28.1 Å². The summed E-state index contributed by atoms with van der Waals surface area (Å²) in [6.45, 7) is 3.73. The summed E-state index contributed by atoms with van der Waals surface area (Å²) in [5.74, 6) is -0.665. The second kappa shape index (κ2) is 12.8. The van der Waals surface area contributed by atoms with Crippen molar-refractivity contribution in [3.05, 3.63) is 83.4 Å². The number of anilines is 2. The number of nitrogens with one attached hydrogen (secondary N) is 2. The number of ether oxygens (including phenoxy) is 1. The number of carbonyl (C=O) groups excluding carboxylic acids is 2. The minimum absolute atomic E-state index is 0.0190. The van der Waals surface area contributed by atoms with Gasteiger partial charge in [-0.3, -0.25) is 9.52 Å². The molecule has 0 saturated carbocycles. The number of likely N-dealkylation sites (N-methyl/N-ethyl adjacent to an activating group) is 1. The summed E-state index contributed by atoms with van der Waals surface area (Å²) >= 11 is 5.93. The minimum atomic E-state index is -4.07. The maximum absolute atomic E-state index is 13.7. The molecule has 3 N–H and O–H groups in total. The number of fused-ring (bicyclic) bond motifs is 1. The molecule has 0 spiro atoms. The number of hydrogen-bond donors (Lipinski definition) is 3. The molecule has 0 radical (unpaired) electrons. The zero-order valence-corrected chi connectivity index (χ0v) is 24.5. The van der Waals surface area contributed by atoms with Crippen LogP contribution in [0.1, 0.15) is 24.2 Å². The molecule has 0 aliphatic carbocycles. The van der Waals surface area contributed by atoms with Gasteiger partial charge in [0.2, 0.25) is 0 Å². The average Bonchev–Trinajstić information content (AvgIpc) is 2.95. The van der Waals surface area contributed by atoms with Gasteiger partial charge < -0.3 is 25.0 Å². The Morgan fingerprint density at radius 2 is 1.80 bits per heavy atom. The van der Waals surface area contributed by atoms with Gasteiger partial charge in [-0.1, -0.05) is 42.8 Å². The highest BCUT2D eigenvalue weighted by Crippen LogP contribution is 2.36. The zero-order valence-electron chi connectivity index (χ0n) is 23.0. The summed E-state index contributed by atoms with van der Waals surface area (Å²) < 4.78 is 35.4. The lowest BCUT2D eigenvalue weighted by Crippen LogP contribution is -2.50. The van der Waals surface area contributed by atoms with E-state index in [1.165, 1.54) is 35.2 Å². The number of halogens is 1. The second-order valence-electron chi connectivity index (χ2n) is 10.0. The summed E-state index contributed by atoms with van der Waals surface area (Å²) in [4.78, 5) is 29.6. The first-order valence-electron chi connectivity index (χ1n) is 13.1. The van der Waals surface area contributed by atoms with Gasteiger partial charge in [-0.15, -0.1) is 0 Å². The number of carbonyl (C=O) groups is 2. The molecule has 41 heavy (non-hydrogen) atoms. The fourth-order valence-electron chi connectivity index (χ4n) is 4.45. The van der Waals surface area contributed by atoms with Crippen molar-refractivity contribution in [1.29, 1.82) is 0 Å². The molecule has 10 nitrogen and oxygen atoms in total. The number of nitrogens with zero attached hydrogens (tertiary/aromatic N) is 2. The van der Waals surface area contributed by atoms with Crippen LogP contribution in [0.3, 0.4) is 0 Å². The number of aliphatic hydroxyl groups excluding tert-OH is 1. The molecule has 218 valence electrons. The fraction of sp³-hybridized carbons (Fsp3) is 0.310. The largest absolute Gasteiger partial charge is 0.485 e. The predicted octanol–water partition coefficient (Wildman–Crippen LogP) is 4.52. The Morgan fingerprint density at radius 1 is 1.12 bits per heavy atom. The van der Waals surface area contributed by atoms with Gasteiger partial charge in [0.1, 0.15) is 6.10 Å². The van der Waals surface area contributed by atoms with Crippen LogP contribution < -0.4 is 14.8 Å². The van der Waals surface area contributed by atoms with E-state index in [-0.39, 0.29) is 53.5 Å². The van der Waals surface area contributed by atoms with Crippen molar-refractivity contribution in [3.8, 4) is 5.75 Å². The molecule has 0 fully saturated rings. The lowest BCUT2D eigenvalue weighted by molar-refractivity contribution is 0.0373. The smallest absolute Gasteiger partial charge is 0.321 e. The first kappa shape index (κ1) is 30.2. The van der Waals surface area contributed by atoms with Crippen LogP contribution in [0.4, 0.5) is 16.2 Å². The van der Waals surface area contributed by atoms with Gasteiger partial charge in [0, 0.05) is 30.2 Å². The number of aliphatic hydroxyl groups is 1. The molecule has 3 aromatic carbocycles. The number of sulfonamides is 1. The van der Waals surface area contributed by atoms with Crippen molar-refractivity contribution in [1.82, 2.24) is 9.80 Å². The highest BCUT2D eigenvalue weighted by molar-refractivity contribution is 7.92. The Labute approximate surface area is 244 Å². The molecule has 0 bridgehead atoms. The van der Waals surface area contributed by atoms with Gasteiger partial charge in [-0.25, -0.2) is 13.2 Å². The van der Waals surface area contributed by atoms with Gasteiger partial charge in [0.15, 0.2) is 5.75 Å². The third kappa shape index (κ3) is 7.10. The predicted molar refractivity (Wildman–Crippen MR) is 158 cm³/mol. The van der Waals surface area contributed by atoms with Gasteiger partial charge in [0.25, 0.3) is 15.9 Å². The summed E-state index contributed by atoms with van der Waals surface area (Å²) in [5.41, 5.74) is 0.835. The Bertz CT molecular complexity index is 1490. The van der Waals surface area contributed by atoms with Crippen LogP contribution in [-0.2, 0) is 10.0 Å². The van der Waals surface area contributed by atoms with Crippen molar-refractivity contribution in [3.63, 3.8) is 0 Å². The Hall–Kier alpha value is -3.80. The lowest BCUT2D eigenvalue weighted by Gasteiger charge is -2.38. The number of para-hydroxylation sites is 2. The normalized spacial score (nSPS) is 17.9. The van der Waals surface area contributed by atoms with E-state index in [1.807, 2.05) is 25.1 Å². The summed E-state index contributed by atoms with van der Waals surface area (Å²) in [7, 11) is -2.44. The van der Waals surface area contributed by atoms with Crippen LogP contribution in [-0.4, -0.2) is 74.2 Å². The van der Waals surface area contributed by atoms with Crippen LogP contribution in [0.15, 0.2) is 77.7 Å². The molecule has 1 aliphatic rings. The molecule has 0 unspecified atom stereocenters. The highest BCUT2D eigenvalue weighted by Gasteiger charge is 2.35. The number of urea groups is 1. The van der Waals surface area contributed by atoms with E-state index in [0.29, 0.717) is 10.7 Å². The first-order chi connectivity index (χ1) is 19.5. The number of rotatable bonds is 8. The molecule has 4 rings (SSSR count). The highest BCUT2D eigenvalue weighted by atomic mass is 35.5. The minimum Gasteiger partial charge on any atom is -0.485 e. The van der Waals surface area contributed by atoms with Gasteiger partial charge in [-0.2, -0.15) is 0 Å². The Kier molecular flexibility index (Phi) is 9.42. The van der Waals surface area contributed by atoms with E-state index in [2.05, 4.69) is 10.0 Å². The van der Waals surface area contributed by atoms with Crippen LogP contribution in [0.5, 0.6) is 5.75 Å². The molecule has 1 aliphatic heterocycles. The summed E-state index contributed by atoms with van der Waals surface area (Å²) in [6.07, 6.45) is -0.636. The molecule has 3 atom stereocenters. The Balaban J connectivity index is 1.69. The first-order valence-corrected chi connectivity index (χ1v) is 14.9. The van der Waals surface area contributed by atoms with Crippen LogP contribution in [0.25, 0.3) is 0 Å². The van der Waals surface area contributed by atoms with Crippen LogP contribution in [0.2, 0.25) is 5.02 Å². The van der Waals surface area contributed by atoms with E-state index in [4.69, 9.17) is 16.3 Å². The number of hydrogen-bond acceptors (Lipinski definition) is 6. The van der Waals surface area contributed by atoms with Gasteiger partial charge in [0.05, 0.1) is 35.3 Å². The van der Waals surface area contributed by atoms with E-state index in [1.54, 1.807) is 43.1 Å². The van der Waals surface area contributed by atoms with E-state index in [9.17, 15) is 23.1 Å². The number of amides is 3. The summed E-state index contributed by atoms with van der Waals surface area (Å²) in [6, 6.07) is 18.4. The van der Waals surface area contributed by atoms with Gasteiger partial charge in [-0.05, 0) is 55.5 Å². The third-order valence-corrected chi connectivity index (χ3v) is 8.52. The topological polar surface area (TPSA) is 128 Å². The maximum atomic E-state index is 13.7. The average molecular weight is 601 g/mol. The SMILES string of the molecule is C[C@@H]1CN([C@H](C)CO)C(=O)c2cccc(NS(=O)(=O)c3ccc(Cl)cc3)c2O[C@H]1CN(C)C(=O)Nc1ccccc1. The second-order valence-corrected chi connectivity index (χ2v) is 12.2. The molecule has 0 saturated heterocycles. The van der Waals surface area contributed by atoms with Gasteiger partial charge >= 0.3 is 6.03 Å². The molecule has 1 heterocycles. The quantitative estimate of drug-likeness (QED) is 0.349. The van der Waals surface area contributed by atoms with Crippen molar-refractivity contribution in [2.24, 2.45) is 5.92 Å². The fourth-order valence-corrected chi connectivity index (χ4v) is 5.64. The zero-order chi connectivity index (χ0) is 29.7. The standard InChI is InChI=1S/C29H33ClN4O6S/c1-19-16-34(20(2)18-35)28(36)24-10-7-11-25(32-41(38,39)23-14-12-21(30)13-15-23)27(24)40-26(19)17-33(3)29(37)31-22-8-5-4-6-9-22/h4-15,19-20,26,32,35H,16-18H2,1-3H3,(H,31,37)/t19-,20-,26+/m1/s1. The molecule has 12 heteroatoms. The monoisotopic (exact) mass is 600 g/mol. The molecule has 3 aromatic rings. The molecular weight excluding hydrogens is 568 g/mol. The number of benzene rings is 3. The van der Waals surface area contributed by atoms with Crippen molar-refractivity contribution >= 4 is 44.9 Å². The Morgan fingerprint density at radius 3 is 2.46 bits per heavy atom. The molecule has 3 amide bonds. The molecule has 0 aromatic heterocycles. The third-order valence-electron chi connectivity index (χ3n) is 6.88. The van der Waals surface area contributed by atoms with Crippen molar-refractivity contribution in [2.75, 3.05) is 36.8 Å². The van der Waals surface area contributed by atoms with Crippen molar-refractivity contribution in [2.45, 2.75) is 30.9 Å². The maximum Gasteiger partial charge on any atom is 0.321 e. The van der Waals surface area contributed by atoms with E-state index in [0.717, 1.165) is 0 Å². The van der Waals surface area contributed by atoms with Crippen molar-refractivity contribution < 1.29 is 27.9 Å². The molecular formula is C29H33ClN4O6S. The van der Waals surface area contributed by atoms with Crippen LogP contribution >= 0.6 is 11.6 Å². The van der Waals surface area contributed by atoms with Crippen LogP contribution in [0, 0.1) is 5.92 Å². The summed E-state index contributed by atoms with van der Waals surface area (Å²) in [5, 5.41) is 13.1. The van der Waals surface area contributed by atoms with E-state index >= 15 is 0 Å². The lowest BCUT2D eigenvalue weighted by atomic mass is 9.99.